The van der Waals surface area contributed by atoms with Crippen molar-refractivity contribution in [3.8, 4) is 0 Å². The minimum absolute atomic E-state index is 0.111. The molecule has 0 aliphatic rings. The summed E-state index contributed by atoms with van der Waals surface area (Å²) in [5, 5.41) is 9.39. The van der Waals surface area contributed by atoms with Crippen molar-refractivity contribution in [3.63, 3.8) is 0 Å². The van der Waals surface area contributed by atoms with Gasteiger partial charge in [0.05, 0.1) is 20.1 Å². The summed E-state index contributed by atoms with van der Waals surface area (Å²) in [6.07, 6.45) is 1.37. The average Bonchev–Trinajstić information content (AvgIpc) is 2.22. The fourth-order valence-corrected chi connectivity index (χ4v) is 1.86. The normalized spacial score (nSPS) is 11.7. The summed E-state index contributed by atoms with van der Waals surface area (Å²) in [7, 11) is 0. The van der Waals surface area contributed by atoms with E-state index in [0.717, 1.165) is 0 Å². The molecule has 0 amide bonds. The third-order valence-corrected chi connectivity index (χ3v) is 3.61. The summed E-state index contributed by atoms with van der Waals surface area (Å²) in [5.41, 5.74) is 0.539. The summed E-state index contributed by atoms with van der Waals surface area (Å²) in [6.45, 7) is 1.44. The molecule has 0 radical (unpaired) electrons. The van der Waals surface area contributed by atoms with Crippen LogP contribution in [0.1, 0.15) is 12.5 Å². The van der Waals surface area contributed by atoms with Gasteiger partial charge in [-0.15, -0.1) is 0 Å². The highest BCUT2D eigenvalue weighted by molar-refractivity contribution is 6.52. The topological polar surface area (TPSA) is 37.3 Å². The lowest BCUT2D eigenvalue weighted by Gasteiger charge is -2.06. The van der Waals surface area contributed by atoms with Crippen LogP contribution >= 0.6 is 46.4 Å². The second kappa shape index (κ2) is 5.28. The van der Waals surface area contributed by atoms with E-state index in [1.54, 1.807) is 0 Å². The van der Waals surface area contributed by atoms with E-state index in [1.807, 2.05) is 0 Å². The van der Waals surface area contributed by atoms with E-state index >= 15 is 0 Å². The van der Waals surface area contributed by atoms with Gasteiger partial charge in [-0.3, -0.25) is 0 Å². The second-order valence-electron chi connectivity index (χ2n) is 3.02. The summed E-state index contributed by atoms with van der Waals surface area (Å²) in [5.74, 6) is -1.04. The maximum absolute atomic E-state index is 10.6. The number of carboxylic acids is 1. The van der Waals surface area contributed by atoms with Gasteiger partial charge in [0.15, 0.2) is 0 Å². The molecule has 0 bridgehead atoms. The highest BCUT2D eigenvalue weighted by atomic mass is 35.5. The van der Waals surface area contributed by atoms with Gasteiger partial charge in [0.25, 0.3) is 0 Å². The molecular weight excluding hydrogens is 294 g/mol. The Kier molecular flexibility index (Phi) is 4.51. The molecule has 0 unspecified atom stereocenters. The largest absolute Gasteiger partial charge is 0.478 e. The molecule has 0 spiro atoms. The fourth-order valence-electron chi connectivity index (χ4n) is 0.991. The number of rotatable bonds is 2. The van der Waals surface area contributed by atoms with Crippen molar-refractivity contribution in [2.45, 2.75) is 6.92 Å². The van der Waals surface area contributed by atoms with Crippen molar-refractivity contribution >= 4 is 58.4 Å². The zero-order valence-electron chi connectivity index (χ0n) is 8.02. The van der Waals surface area contributed by atoms with Gasteiger partial charge in [-0.05, 0) is 24.6 Å². The van der Waals surface area contributed by atoms with Gasteiger partial charge >= 0.3 is 5.97 Å². The highest BCUT2D eigenvalue weighted by Crippen LogP contribution is 2.38. The van der Waals surface area contributed by atoms with Crippen LogP contribution in [0.3, 0.4) is 0 Å². The van der Waals surface area contributed by atoms with Crippen molar-refractivity contribution < 1.29 is 9.90 Å². The molecule has 1 N–H and O–H groups in total. The van der Waals surface area contributed by atoms with Crippen molar-refractivity contribution in [3.05, 3.63) is 37.3 Å². The first-order valence-electron chi connectivity index (χ1n) is 4.09. The molecule has 0 aromatic heterocycles. The predicted molar refractivity (Wildman–Crippen MR) is 67.8 cm³/mol. The van der Waals surface area contributed by atoms with Gasteiger partial charge in [0.1, 0.15) is 0 Å². The second-order valence-corrected chi connectivity index (χ2v) is 4.56. The molecule has 86 valence electrons. The molecule has 0 heterocycles. The minimum atomic E-state index is -1.04. The first-order chi connectivity index (χ1) is 7.34. The summed E-state index contributed by atoms with van der Waals surface area (Å²) >= 11 is 23.3. The molecule has 1 aromatic carbocycles. The van der Waals surface area contributed by atoms with E-state index < -0.39 is 5.97 Å². The Morgan fingerprint density at radius 2 is 1.75 bits per heavy atom. The first-order valence-corrected chi connectivity index (χ1v) is 5.60. The summed E-state index contributed by atoms with van der Waals surface area (Å²) in [6, 6.07) is 1.46. The van der Waals surface area contributed by atoms with Gasteiger partial charge in [0, 0.05) is 5.57 Å². The number of halogens is 4. The predicted octanol–water partition coefficient (Wildman–Crippen LogP) is 4.79. The van der Waals surface area contributed by atoms with Crippen LogP contribution in [-0.2, 0) is 4.79 Å². The lowest BCUT2D eigenvalue weighted by atomic mass is 10.1. The van der Waals surface area contributed by atoms with Crippen LogP contribution in [-0.4, -0.2) is 11.1 Å². The Morgan fingerprint density at radius 1 is 1.19 bits per heavy atom. The zero-order valence-corrected chi connectivity index (χ0v) is 11.0. The Hall–Kier alpha value is -0.410. The standard InChI is InChI=1S/C10H6Cl4O2/c1-4(10(15)16)2-5-3-6(11)8(13)9(14)7(5)12/h2-3H,1H3,(H,15,16). The lowest BCUT2D eigenvalue weighted by Crippen LogP contribution is -1.95. The van der Waals surface area contributed by atoms with Gasteiger partial charge in [0.2, 0.25) is 0 Å². The maximum atomic E-state index is 10.6. The minimum Gasteiger partial charge on any atom is -0.478 e. The molecule has 1 aromatic rings. The third kappa shape index (κ3) is 2.83. The lowest BCUT2D eigenvalue weighted by molar-refractivity contribution is -0.132. The van der Waals surface area contributed by atoms with Gasteiger partial charge in [-0.2, -0.15) is 0 Å². The maximum Gasteiger partial charge on any atom is 0.331 e. The van der Waals surface area contributed by atoms with Crippen molar-refractivity contribution in [1.82, 2.24) is 0 Å². The van der Waals surface area contributed by atoms with E-state index in [-0.39, 0.29) is 25.7 Å². The fraction of sp³-hybridized carbons (Fsp3) is 0.100. The molecular formula is C10H6Cl4O2. The summed E-state index contributed by atoms with van der Waals surface area (Å²) < 4.78 is 0. The van der Waals surface area contributed by atoms with Crippen LogP contribution < -0.4 is 0 Å². The zero-order chi connectivity index (χ0) is 12.5. The van der Waals surface area contributed by atoms with Crippen molar-refractivity contribution in [2.75, 3.05) is 0 Å². The van der Waals surface area contributed by atoms with Crippen LogP contribution in [0, 0.1) is 0 Å². The van der Waals surface area contributed by atoms with Crippen LogP contribution in [0.25, 0.3) is 6.08 Å². The van der Waals surface area contributed by atoms with Crippen molar-refractivity contribution in [1.29, 1.82) is 0 Å². The molecule has 16 heavy (non-hydrogen) atoms. The molecule has 0 saturated heterocycles. The van der Waals surface area contributed by atoms with Gasteiger partial charge in [-0.25, -0.2) is 4.79 Å². The molecule has 0 saturated carbocycles. The Labute approximate surface area is 112 Å². The molecule has 0 fully saturated rings. The Morgan fingerprint density at radius 3 is 2.25 bits per heavy atom. The van der Waals surface area contributed by atoms with E-state index in [1.165, 1.54) is 19.1 Å². The van der Waals surface area contributed by atoms with E-state index in [0.29, 0.717) is 5.56 Å². The number of carbonyl (C=O) groups is 1. The number of hydrogen-bond acceptors (Lipinski definition) is 1. The van der Waals surface area contributed by atoms with Crippen LogP contribution in [0.4, 0.5) is 0 Å². The van der Waals surface area contributed by atoms with E-state index in [4.69, 9.17) is 51.5 Å². The van der Waals surface area contributed by atoms with Crippen molar-refractivity contribution in [2.24, 2.45) is 0 Å². The van der Waals surface area contributed by atoms with Crippen LogP contribution in [0.2, 0.25) is 20.1 Å². The molecule has 0 aliphatic heterocycles. The SMILES string of the molecule is CC(=Cc1cc(Cl)c(Cl)c(Cl)c1Cl)C(=O)O. The Bertz CT molecular complexity index is 480. The monoisotopic (exact) mass is 298 g/mol. The molecule has 1 rings (SSSR count). The van der Waals surface area contributed by atoms with E-state index in [2.05, 4.69) is 0 Å². The van der Waals surface area contributed by atoms with Gasteiger partial charge < -0.3 is 5.11 Å². The highest BCUT2D eigenvalue weighted by Gasteiger charge is 2.12. The number of hydrogen-bond donors (Lipinski definition) is 1. The Balaban J connectivity index is 3.37. The number of aliphatic carboxylic acids is 1. The quantitative estimate of drug-likeness (QED) is 0.484. The van der Waals surface area contributed by atoms with Gasteiger partial charge in [-0.1, -0.05) is 46.4 Å². The molecule has 6 heteroatoms. The summed E-state index contributed by atoms with van der Waals surface area (Å²) in [4.78, 5) is 10.6. The van der Waals surface area contributed by atoms with Crippen LogP contribution in [0.5, 0.6) is 0 Å². The molecule has 0 aliphatic carbocycles. The van der Waals surface area contributed by atoms with E-state index in [9.17, 15) is 4.79 Å². The molecule has 0 atom stereocenters. The van der Waals surface area contributed by atoms with Crippen LogP contribution in [0.15, 0.2) is 11.6 Å². The first kappa shape index (κ1) is 13.7. The number of benzene rings is 1. The molecule has 2 nitrogen and oxygen atoms in total. The third-order valence-electron chi connectivity index (χ3n) is 1.84. The number of carboxylic acid groups (broad SMARTS) is 1. The smallest absolute Gasteiger partial charge is 0.331 e. The average molecular weight is 300 g/mol.